The molecule has 0 saturated heterocycles. The van der Waals surface area contributed by atoms with Crippen LogP contribution in [0.1, 0.15) is 17.3 Å². The number of amides is 2. The van der Waals surface area contributed by atoms with Gasteiger partial charge in [0.2, 0.25) is 5.91 Å². The van der Waals surface area contributed by atoms with Crippen LogP contribution in [0.15, 0.2) is 46.9 Å². The van der Waals surface area contributed by atoms with Crippen molar-refractivity contribution < 1.29 is 14.3 Å². The predicted octanol–water partition coefficient (Wildman–Crippen LogP) is 3.45. The molecule has 118 valence electrons. The van der Waals surface area contributed by atoms with E-state index in [2.05, 4.69) is 21.2 Å². The Bertz CT molecular complexity index is 759. The zero-order valence-corrected chi connectivity index (χ0v) is 14.1. The zero-order valence-electron chi connectivity index (χ0n) is 12.5. The number of rotatable bonds is 2. The van der Waals surface area contributed by atoms with Gasteiger partial charge in [-0.05, 0) is 42.5 Å². The highest BCUT2D eigenvalue weighted by molar-refractivity contribution is 9.10. The molecule has 3 rings (SSSR count). The molecule has 0 saturated carbocycles. The van der Waals surface area contributed by atoms with Crippen LogP contribution in [-0.4, -0.2) is 25.0 Å². The van der Waals surface area contributed by atoms with Crippen molar-refractivity contribution in [3.05, 3.63) is 52.5 Å². The van der Waals surface area contributed by atoms with Gasteiger partial charge in [0.15, 0.2) is 0 Å². The van der Waals surface area contributed by atoms with E-state index in [4.69, 9.17) is 4.74 Å². The Morgan fingerprint density at radius 3 is 2.61 bits per heavy atom. The lowest BCUT2D eigenvalue weighted by molar-refractivity contribution is -0.116. The molecule has 2 amide bonds. The average Bonchev–Trinajstić information content (AvgIpc) is 2.54. The van der Waals surface area contributed by atoms with E-state index in [1.54, 1.807) is 35.2 Å². The van der Waals surface area contributed by atoms with Crippen molar-refractivity contribution >= 4 is 39.1 Å². The number of nitrogens with zero attached hydrogens (tertiary/aromatic N) is 1. The fourth-order valence-corrected chi connectivity index (χ4v) is 2.69. The van der Waals surface area contributed by atoms with Crippen molar-refractivity contribution in [2.45, 2.75) is 6.92 Å². The normalized spacial score (nSPS) is 13.0. The number of halogens is 1. The molecule has 0 bridgehead atoms. The molecular formula is C17H15BrN2O3. The first-order valence-corrected chi connectivity index (χ1v) is 7.96. The van der Waals surface area contributed by atoms with Crippen LogP contribution >= 0.6 is 15.9 Å². The van der Waals surface area contributed by atoms with Gasteiger partial charge in [-0.25, -0.2) is 0 Å². The molecule has 6 heteroatoms. The highest BCUT2D eigenvalue weighted by atomic mass is 79.9. The van der Waals surface area contributed by atoms with E-state index in [0.29, 0.717) is 35.8 Å². The topological polar surface area (TPSA) is 58.6 Å². The van der Waals surface area contributed by atoms with Gasteiger partial charge in [-0.15, -0.1) is 0 Å². The number of fused-ring (bicyclic) bond motifs is 1. The number of hydrogen-bond acceptors (Lipinski definition) is 3. The molecule has 1 heterocycles. The van der Waals surface area contributed by atoms with Crippen LogP contribution in [-0.2, 0) is 4.79 Å². The minimum Gasteiger partial charge on any atom is -0.490 e. The second kappa shape index (κ2) is 6.42. The summed E-state index contributed by atoms with van der Waals surface area (Å²) >= 11 is 3.34. The van der Waals surface area contributed by atoms with Gasteiger partial charge in [0.25, 0.3) is 5.91 Å². The van der Waals surface area contributed by atoms with Gasteiger partial charge >= 0.3 is 0 Å². The Kier molecular flexibility index (Phi) is 4.34. The second-order valence-electron chi connectivity index (χ2n) is 5.16. The molecule has 2 aromatic rings. The number of carbonyl (C=O) groups is 2. The maximum Gasteiger partial charge on any atom is 0.255 e. The van der Waals surface area contributed by atoms with Crippen molar-refractivity contribution in [3.8, 4) is 5.75 Å². The maximum absolute atomic E-state index is 12.3. The summed E-state index contributed by atoms with van der Waals surface area (Å²) in [5, 5.41) is 2.84. The van der Waals surface area contributed by atoms with Crippen LogP contribution in [0.25, 0.3) is 0 Å². The largest absolute Gasteiger partial charge is 0.490 e. The minimum absolute atomic E-state index is 0.0501. The van der Waals surface area contributed by atoms with E-state index in [1.165, 1.54) is 6.92 Å². The third-order valence-electron chi connectivity index (χ3n) is 3.57. The molecule has 2 aromatic carbocycles. The van der Waals surface area contributed by atoms with Gasteiger partial charge in [-0.1, -0.05) is 15.9 Å². The first-order valence-electron chi connectivity index (χ1n) is 7.16. The van der Waals surface area contributed by atoms with Crippen molar-refractivity contribution in [2.24, 2.45) is 0 Å². The third kappa shape index (κ3) is 3.37. The molecule has 5 nitrogen and oxygen atoms in total. The molecule has 0 aromatic heterocycles. The van der Waals surface area contributed by atoms with Crippen LogP contribution in [0.4, 0.5) is 11.4 Å². The number of nitrogens with one attached hydrogen (secondary N) is 1. The minimum atomic E-state index is -0.205. The summed E-state index contributed by atoms with van der Waals surface area (Å²) in [7, 11) is 0. The summed E-state index contributed by atoms with van der Waals surface area (Å²) in [4.78, 5) is 25.6. The van der Waals surface area contributed by atoms with E-state index < -0.39 is 0 Å². The van der Waals surface area contributed by atoms with Gasteiger partial charge < -0.3 is 15.0 Å². The smallest absolute Gasteiger partial charge is 0.255 e. The summed E-state index contributed by atoms with van der Waals surface area (Å²) in [5.74, 6) is 0.391. The Hall–Kier alpha value is -2.34. The average molecular weight is 375 g/mol. The summed E-state index contributed by atoms with van der Waals surface area (Å²) in [6.45, 7) is 2.49. The van der Waals surface area contributed by atoms with Crippen molar-refractivity contribution in [1.82, 2.24) is 0 Å². The summed E-state index contributed by atoms with van der Waals surface area (Å²) in [5.41, 5.74) is 1.86. The van der Waals surface area contributed by atoms with Crippen molar-refractivity contribution in [3.63, 3.8) is 0 Å². The number of hydrogen-bond donors (Lipinski definition) is 1. The number of anilines is 2. The number of benzene rings is 2. The standard InChI is InChI=1S/C17H15BrN2O3/c1-11(21)20-8-9-23-16-7-6-14(10-15(16)20)19-17(22)12-2-4-13(18)5-3-12/h2-7,10H,8-9H2,1H3,(H,19,22). The summed E-state index contributed by atoms with van der Waals surface area (Å²) < 4.78 is 6.46. The highest BCUT2D eigenvalue weighted by Crippen LogP contribution is 2.34. The van der Waals surface area contributed by atoms with Crippen LogP contribution < -0.4 is 15.0 Å². The van der Waals surface area contributed by atoms with Crippen LogP contribution in [0.2, 0.25) is 0 Å². The van der Waals surface area contributed by atoms with E-state index in [-0.39, 0.29) is 11.8 Å². The van der Waals surface area contributed by atoms with Crippen molar-refractivity contribution in [2.75, 3.05) is 23.4 Å². The van der Waals surface area contributed by atoms with Crippen molar-refractivity contribution in [1.29, 1.82) is 0 Å². The molecule has 1 aliphatic rings. The second-order valence-corrected chi connectivity index (χ2v) is 6.08. The van der Waals surface area contributed by atoms with E-state index in [1.807, 2.05) is 12.1 Å². The molecule has 0 spiro atoms. The quantitative estimate of drug-likeness (QED) is 0.875. The molecule has 0 atom stereocenters. The molecule has 23 heavy (non-hydrogen) atoms. The Morgan fingerprint density at radius 2 is 1.91 bits per heavy atom. The predicted molar refractivity (Wildman–Crippen MR) is 92.1 cm³/mol. The van der Waals surface area contributed by atoms with E-state index in [0.717, 1.165) is 4.47 Å². The summed E-state index contributed by atoms with van der Waals surface area (Å²) in [6, 6.07) is 12.4. The molecule has 0 unspecified atom stereocenters. The highest BCUT2D eigenvalue weighted by Gasteiger charge is 2.21. The van der Waals surface area contributed by atoms with Gasteiger partial charge in [0.1, 0.15) is 12.4 Å². The zero-order chi connectivity index (χ0) is 16.4. The lowest BCUT2D eigenvalue weighted by Crippen LogP contribution is -2.36. The van der Waals surface area contributed by atoms with E-state index >= 15 is 0 Å². The molecule has 0 aliphatic carbocycles. The van der Waals surface area contributed by atoms with E-state index in [9.17, 15) is 9.59 Å². The SMILES string of the molecule is CC(=O)N1CCOc2ccc(NC(=O)c3ccc(Br)cc3)cc21. The van der Waals surface area contributed by atoms with Crippen LogP contribution in [0, 0.1) is 0 Å². The Balaban J connectivity index is 1.84. The van der Waals surface area contributed by atoms with Gasteiger partial charge in [-0.3, -0.25) is 9.59 Å². The molecule has 0 fully saturated rings. The molecule has 1 aliphatic heterocycles. The fourth-order valence-electron chi connectivity index (χ4n) is 2.43. The first-order chi connectivity index (χ1) is 11.0. The summed E-state index contributed by atoms with van der Waals surface area (Å²) in [6.07, 6.45) is 0. The molecular weight excluding hydrogens is 360 g/mol. The van der Waals surface area contributed by atoms with Crippen LogP contribution in [0.5, 0.6) is 5.75 Å². The fraction of sp³-hybridized carbons (Fsp3) is 0.176. The molecule has 1 N–H and O–H groups in total. The van der Waals surface area contributed by atoms with Gasteiger partial charge in [0, 0.05) is 22.6 Å². The lowest BCUT2D eigenvalue weighted by atomic mass is 10.2. The third-order valence-corrected chi connectivity index (χ3v) is 4.10. The first kappa shape index (κ1) is 15.6. The monoisotopic (exact) mass is 374 g/mol. The van der Waals surface area contributed by atoms with Crippen LogP contribution in [0.3, 0.4) is 0 Å². The Labute approximate surface area is 142 Å². The van der Waals surface area contributed by atoms with Gasteiger partial charge in [-0.2, -0.15) is 0 Å². The number of ether oxygens (including phenoxy) is 1. The number of carbonyl (C=O) groups excluding carboxylic acids is 2. The molecule has 0 radical (unpaired) electrons. The lowest BCUT2D eigenvalue weighted by Gasteiger charge is -2.29. The maximum atomic E-state index is 12.3. The Morgan fingerprint density at radius 1 is 1.17 bits per heavy atom. The van der Waals surface area contributed by atoms with Gasteiger partial charge in [0.05, 0.1) is 12.2 Å².